The third kappa shape index (κ3) is 5.46. The van der Waals surface area contributed by atoms with E-state index in [1.165, 1.54) is 0 Å². The molecule has 0 saturated carbocycles. The van der Waals surface area contributed by atoms with Gasteiger partial charge in [-0.25, -0.2) is 4.68 Å². The average Bonchev–Trinajstić information content (AvgIpc) is 2.65. The smallest absolute Gasteiger partial charge is 0.356 e. The largest absolute Gasteiger partial charge is 3.00 e. The number of rotatable bonds is 1. The quantitative estimate of drug-likeness (QED) is 0.297. The maximum Gasteiger partial charge on any atom is 3.00 e. The van der Waals surface area contributed by atoms with Crippen molar-refractivity contribution in [2.75, 3.05) is 0 Å². The summed E-state index contributed by atoms with van der Waals surface area (Å²) >= 11 is 4.93. The van der Waals surface area contributed by atoms with Crippen molar-refractivity contribution in [3.8, 4) is 5.69 Å². The van der Waals surface area contributed by atoms with Crippen LogP contribution in [-0.2, 0) is 0 Å². The predicted molar refractivity (Wildman–Crippen MR) is 62.7 cm³/mol. The van der Waals surface area contributed by atoms with E-state index in [2.05, 4.69) is 15.5 Å². The van der Waals surface area contributed by atoms with Crippen molar-refractivity contribution >= 4 is 38.4 Å². The summed E-state index contributed by atoms with van der Waals surface area (Å²) in [6, 6.07) is 9.65. The van der Waals surface area contributed by atoms with E-state index < -0.39 is 5.09 Å². The van der Waals surface area contributed by atoms with E-state index in [1.54, 1.807) is 4.68 Å². The van der Waals surface area contributed by atoms with Crippen LogP contribution >= 0.6 is 12.2 Å². The van der Waals surface area contributed by atoms with Crippen molar-refractivity contribution < 1.29 is 5.09 Å². The first-order chi connectivity index (χ1) is 7.61. The van der Waals surface area contributed by atoms with E-state index in [4.69, 9.17) is 27.5 Å². The molecule has 0 aliphatic carbocycles. The van der Waals surface area contributed by atoms with Crippen LogP contribution in [0.1, 0.15) is 0 Å². The zero-order valence-corrected chi connectivity index (χ0v) is 12.5. The number of hydrogen-bond acceptors (Lipinski definition) is 6. The Hall–Kier alpha value is -1.41. The van der Waals surface area contributed by atoms with E-state index in [1.807, 2.05) is 30.3 Å². The molecule has 86 valence electrons. The van der Waals surface area contributed by atoms with Gasteiger partial charge in [0, 0.05) is 0 Å². The fourth-order valence-electron chi connectivity index (χ4n) is 0.943. The summed E-state index contributed by atoms with van der Waals surface area (Å²) in [6.07, 6.45) is 0. The van der Waals surface area contributed by atoms with Gasteiger partial charge in [-0.1, -0.05) is 28.5 Å². The second-order valence-corrected chi connectivity index (χ2v) is 2.84. The molecule has 0 fully saturated rings. The molecule has 0 aliphatic heterocycles. The number of aromatic nitrogens is 4. The summed E-state index contributed by atoms with van der Waals surface area (Å²) in [6.45, 7) is 0. The van der Waals surface area contributed by atoms with Gasteiger partial charge in [-0.3, -0.25) is 0 Å². The summed E-state index contributed by atoms with van der Waals surface area (Å²) in [5.41, 5.74) is 0.938. The van der Waals surface area contributed by atoms with Crippen molar-refractivity contribution in [3.05, 3.63) is 50.4 Å². The molecule has 2 radical (unpaired) electrons. The molecule has 0 aliphatic rings. The normalized spacial score (nSPS) is 8.47. The molecule has 0 atom stereocenters. The summed E-state index contributed by atoms with van der Waals surface area (Å²) in [5.74, 6) is 0. The summed E-state index contributed by atoms with van der Waals surface area (Å²) in [7, 11) is 0. The third-order valence-corrected chi connectivity index (χ3v) is 1.75. The molecule has 0 spiro atoms. The summed E-state index contributed by atoms with van der Waals surface area (Å²) < 4.78 is 2.07. The zero-order valence-electron chi connectivity index (χ0n) is 8.26. The minimum absolute atomic E-state index is 0. The Labute approximate surface area is 119 Å². The molecular weight excluding hydrogens is 443 g/mol. The Balaban J connectivity index is 0.000000453. The number of aromatic amines is 1. The fraction of sp³-hybridized carbons (Fsp3) is 0. The second kappa shape index (κ2) is 7.80. The number of nitrogens with zero attached hydrogens (tertiary/aromatic N) is 4. The Morgan fingerprint density at radius 3 is 2.24 bits per heavy atom. The van der Waals surface area contributed by atoms with E-state index in [-0.39, 0.29) is 26.2 Å². The Morgan fingerprint density at radius 1 is 1.29 bits per heavy atom. The van der Waals surface area contributed by atoms with Gasteiger partial charge in [-0.15, -0.1) is 0 Å². The second-order valence-electron chi connectivity index (χ2n) is 2.48. The molecule has 1 N–H and O–H groups in total. The van der Waals surface area contributed by atoms with Crippen molar-refractivity contribution in [2.45, 2.75) is 0 Å². The van der Waals surface area contributed by atoms with Crippen molar-refractivity contribution in [2.24, 2.45) is 0 Å². The molecule has 2 rings (SSSR count). The van der Waals surface area contributed by atoms with E-state index >= 15 is 0 Å². The van der Waals surface area contributed by atoms with Gasteiger partial charge in [0.15, 0.2) is 0 Å². The Kier molecular flexibility index (Phi) is 7.15. The number of para-hydroxylation sites is 1. The molecular formula is C7H6BiN5O3S+2. The Bertz CT molecular complexity index is 509. The fourth-order valence-corrected chi connectivity index (χ4v) is 1.13. The van der Waals surface area contributed by atoms with Crippen LogP contribution in [0.5, 0.6) is 0 Å². The van der Waals surface area contributed by atoms with Crippen molar-refractivity contribution in [1.82, 2.24) is 20.2 Å². The van der Waals surface area contributed by atoms with Crippen LogP contribution in [0.4, 0.5) is 0 Å². The first-order valence-corrected chi connectivity index (χ1v) is 4.39. The molecule has 1 aromatic heterocycles. The van der Waals surface area contributed by atoms with Gasteiger partial charge in [0.2, 0.25) is 4.77 Å². The number of benzene rings is 1. The van der Waals surface area contributed by atoms with Gasteiger partial charge in [-0.2, -0.15) is 5.21 Å². The number of nitrogens with one attached hydrogen (secondary N) is 1. The Morgan fingerprint density at radius 2 is 1.82 bits per heavy atom. The maximum absolute atomic E-state index is 8.25. The first kappa shape index (κ1) is 15.6. The molecule has 0 unspecified atom stereocenters. The van der Waals surface area contributed by atoms with Crippen LogP contribution in [0.15, 0.2) is 30.3 Å². The summed E-state index contributed by atoms with van der Waals surface area (Å²) in [5, 5.41) is 24.7. The molecule has 8 nitrogen and oxygen atoms in total. The minimum Gasteiger partial charge on any atom is -0.356 e. The monoisotopic (exact) mass is 449 g/mol. The van der Waals surface area contributed by atoms with E-state index in [0.29, 0.717) is 4.77 Å². The van der Waals surface area contributed by atoms with Gasteiger partial charge in [0.05, 0.1) is 10.8 Å². The van der Waals surface area contributed by atoms with Gasteiger partial charge >= 0.3 is 26.2 Å². The molecule has 0 amide bonds. The molecule has 17 heavy (non-hydrogen) atoms. The van der Waals surface area contributed by atoms with Gasteiger partial charge < -0.3 is 15.3 Å². The summed E-state index contributed by atoms with van der Waals surface area (Å²) in [4.78, 5) is 8.25. The van der Waals surface area contributed by atoms with Gasteiger partial charge in [0.25, 0.3) is 0 Å². The molecule has 10 heteroatoms. The number of H-pyrrole nitrogens is 1. The molecule has 0 bridgehead atoms. The third-order valence-electron chi connectivity index (χ3n) is 1.49. The van der Waals surface area contributed by atoms with Crippen LogP contribution < -0.4 is 0 Å². The minimum atomic E-state index is -1.75. The zero-order chi connectivity index (χ0) is 12.0. The van der Waals surface area contributed by atoms with Crippen LogP contribution in [0.3, 0.4) is 0 Å². The van der Waals surface area contributed by atoms with Crippen molar-refractivity contribution in [1.29, 1.82) is 0 Å². The topological polar surface area (TPSA) is 113 Å². The SMILES string of the molecule is O=[N+]([O-])[O-].S=c1nn[nH]n1-c1ccccc1.[Bi+3]. The first-order valence-electron chi connectivity index (χ1n) is 3.98. The van der Waals surface area contributed by atoms with Crippen molar-refractivity contribution in [3.63, 3.8) is 0 Å². The van der Waals surface area contributed by atoms with E-state index in [0.717, 1.165) is 5.69 Å². The van der Waals surface area contributed by atoms with Crippen LogP contribution in [-0.4, -0.2) is 51.5 Å². The van der Waals surface area contributed by atoms with Gasteiger partial charge in [-0.05, 0) is 24.4 Å². The number of tetrazole rings is 1. The molecule has 2 aromatic rings. The number of hydrogen-bond donors (Lipinski definition) is 1. The molecule has 0 saturated heterocycles. The maximum atomic E-state index is 8.25. The average molecular weight is 449 g/mol. The van der Waals surface area contributed by atoms with E-state index in [9.17, 15) is 0 Å². The predicted octanol–water partition coefficient (Wildman–Crippen LogP) is 0.705. The molecule has 1 aromatic carbocycles. The van der Waals surface area contributed by atoms with Crippen LogP contribution in [0, 0.1) is 20.1 Å². The van der Waals surface area contributed by atoms with Crippen LogP contribution in [0.25, 0.3) is 5.69 Å². The molecule has 1 heterocycles. The van der Waals surface area contributed by atoms with Gasteiger partial charge in [0.1, 0.15) is 0 Å². The standard InChI is InChI=1S/C7H6N4S.Bi.NO3/c12-7-8-9-10-11(7)6-4-2-1-3-5-6;;2-1(3)4/h1-5H,(H,8,10,12);;/q;+3;-1. The van der Waals surface area contributed by atoms with Crippen LogP contribution in [0.2, 0.25) is 0 Å².